The standard InChI is InChI=1S/C11H22N2O4.C10H19NO4.CH5NO.ClH/c1-7(2)8(9(14)13-16-6)12-10(15)17-11(3,4)5;1-6(2)7(8(12)13)11-9(14)15-10(3,4)5;1-3-2;/h7-8H,1-6H3,(H,12,15)(H,13,14);6-7H,1-5H3,(H,11,14)(H,12,13);2H2,1H3;1H/t8-;7-;;/m00../s1. The van der Waals surface area contributed by atoms with Gasteiger partial charge < -0.3 is 30.1 Å². The van der Waals surface area contributed by atoms with Crippen LogP contribution < -0.4 is 22.0 Å². The van der Waals surface area contributed by atoms with Crippen molar-refractivity contribution >= 4 is 36.5 Å². The number of hydroxylamine groups is 1. The minimum atomic E-state index is -1.06. The molecule has 0 aromatic carbocycles. The van der Waals surface area contributed by atoms with Crippen LogP contribution in [0.25, 0.3) is 0 Å². The Hall–Kier alpha value is -2.35. The summed E-state index contributed by atoms with van der Waals surface area (Å²) in [6.45, 7) is 17.5. The molecule has 0 heterocycles. The number of hydrogen-bond donors (Lipinski definition) is 5. The molecule has 0 aliphatic rings. The number of nitrogens with two attached hydrogens (primary N) is 1. The van der Waals surface area contributed by atoms with Gasteiger partial charge in [0.15, 0.2) is 0 Å². The first-order valence-electron chi connectivity index (χ1n) is 11.0. The molecule has 2 atom stereocenters. The zero-order chi connectivity index (χ0) is 28.6. The number of rotatable bonds is 7. The molecule has 6 N–H and O–H groups in total. The normalized spacial score (nSPS) is 12.3. The van der Waals surface area contributed by atoms with Crippen molar-refractivity contribution in [2.75, 3.05) is 14.2 Å². The van der Waals surface area contributed by atoms with E-state index >= 15 is 0 Å². The van der Waals surface area contributed by atoms with Crippen molar-refractivity contribution in [3.8, 4) is 0 Å². The van der Waals surface area contributed by atoms with Gasteiger partial charge in [0.25, 0.3) is 5.91 Å². The number of alkyl carbamates (subject to hydrolysis) is 2. The lowest BCUT2D eigenvalue weighted by atomic mass is 10.0. The number of nitrogens with one attached hydrogen (secondary N) is 3. The number of ether oxygens (including phenoxy) is 2. The summed E-state index contributed by atoms with van der Waals surface area (Å²) in [4.78, 5) is 53.4. The molecule has 0 spiro atoms. The summed E-state index contributed by atoms with van der Waals surface area (Å²) < 4.78 is 10.0. The summed E-state index contributed by atoms with van der Waals surface area (Å²) in [5, 5.41) is 13.6. The Kier molecular flexibility index (Phi) is 22.4. The van der Waals surface area contributed by atoms with Crippen molar-refractivity contribution < 1.29 is 43.4 Å². The predicted octanol–water partition coefficient (Wildman–Crippen LogP) is 2.76. The van der Waals surface area contributed by atoms with Crippen LogP contribution in [0.2, 0.25) is 0 Å². The molecule has 0 saturated heterocycles. The second kappa shape index (κ2) is 19.8. The second-order valence-corrected chi connectivity index (χ2v) is 9.98. The van der Waals surface area contributed by atoms with Gasteiger partial charge in [-0.3, -0.25) is 9.63 Å². The number of halogens is 1. The third-order valence-corrected chi connectivity index (χ3v) is 3.43. The molecular weight excluding hydrogens is 500 g/mol. The van der Waals surface area contributed by atoms with Gasteiger partial charge in [-0.05, 0) is 53.4 Å². The van der Waals surface area contributed by atoms with Crippen LogP contribution >= 0.6 is 12.4 Å². The maximum Gasteiger partial charge on any atom is 0.408 e. The largest absolute Gasteiger partial charge is 0.480 e. The summed E-state index contributed by atoms with van der Waals surface area (Å²) in [5.41, 5.74) is 0.971. The number of hydrogen-bond acceptors (Lipinski definition) is 9. The third-order valence-electron chi connectivity index (χ3n) is 3.43. The first-order valence-corrected chi connectivity index (χ1v) is 11.0. The monoisotopic (exact) mass is 546 g/mol. The average Bonchev–Trinajstić information content (AvgIpc) is 2.62. The third kappa shape index (κ3) is 24.8. The van der Waals surface area contributed by atoms with E-state index in [2.05, 4.69) is 31.7 Å². The van der Waals surface area contributed by atoms with E-state index in [1.165, 1.54) is 14.2 Å². The van der Waals surface area contributed by atoms with E-state index in [0.717, 1.165) is 0 Å². The van der Waals surface area contributed by atoms with Crippen molar-refractivity contribution in [3.05, 3.63) is 0 Å². The molecule has 0 radical (unpaired) electrons. The molecule has 14 heteroatoms. The maximum atomic E-state index is 11.6. The molecule has 36 heavy (non-hydrogen) atoms. The fourth-order valence-corrected chi connectivity index (χ4v) is 2.08. The molecule has 0 unspecified atom stereocenters. The molecule has 0 aliphatic carbocycles. The van der Waals surface area contributed by atoms with Gasteiger partial charge in [0.2, 0.25) is 0 Å². The molecule has 0 aromatic heterocycles. The van der Waals surface area contributed by atoms with Gasteiger partial charge in [-0.25, -0.2) is 25.8 Å². The fraction of sp³-hybridized carbons (Fsp3) is 0.818. The average molecular weight is 547 g/mol. The minimum absolute atomic E-state index is 0. The number of carbonyl (C=O) groups is 4. The highest BCUT2D eigenvalue weighted by molar-refractivity contribution is 5.85. The van der Waals surface area contributed by atoms with Crippen molar-refractivity contribution in [2.24, 2.45) is 17.7 Å². The Morgan fingerprint density at radius 2 is 1.06 bits per heavy atom. The highest BCUT2D eigenvalue weighted by Crippen LogP contribution is 2.09. The topological polar surface area (TPSA) is 188 Å². The second-order valence-electron chi connectivity index (χ2n) is 9.98. The van der Waals surface area contributed by atoms with Gasteiger partial charge in [0.1, 0.15) is 23.3 Å². The van der Waals surface area contributed by atoms with Crippen LogP contribution in [-0.2, 0) is 28.7 Å². The van der Waals surface area contributed by atoms with E-state index in [1.807, 2.05) is 13.8 Å². The summed E-state index contributed by atoms with van der Waals surface area (Å²) in [6.07, 6.45) is -1.33. The molecule has 0 bridgehead atoms. The lowest BCUT2D eigenvalue weighted by Crippen LogP contribution is -2.50. The molecular formula is C22H47ClN4O9. The Labute approximate surface area is 220 Å². The summed E-state index contributed by atoms with van der Waals surface area (Å²) in [6, 6.07) is -1.61. The van der Waals surface area contributed by atoms with Crippen LogP contribution in [0.1, 0.15) is 69.2 Å². The molecule has 216 valence electrons. The van der Waals surface area contributed by atoms with E-state index in [1.54, 1.807) is 55.4 Å². The van der Waals surface area contributed by atoms with E-state index in [4.69, 9.17) is 14.6 Å². The number of aliphatic carboxylic acids is 1. The zero-order valence-electron chi connectivity index (χ0n) is 23.5. The van der Waals surface area contributed by atoms with Gasteiger partial charge in [0, 0.05) is 0 Å². The fourth-order valence-electron chi connectivity index (χ4n) is 2.08. The summed E-state index contributed by atoms with van der Waals surface area (Å²) in [7, 11) is 2.74. The van der Waals surface area contributed by atoms with Crippen molar-refractivity contribution in [2.45, 2.75) is 92.5 Å². The lowest BCUT2D eigenvalue weighted by molar-refractivity contribution is -0.140. The van der Waals surface area contributed by atoms with Gasteiger partial charge >= 0.3 is 18.2 Å². The molecule has 0 fully saturated rings. The Balaban J connectivity index is -0.000000251. The van der Waals surface area contributed by atoms with Crippen LogP contribution in [0.4, 0.5) is 9.59 Å². The number of carbonyl (C=O) groups excluding carboxylic acids is 3. The van der Waals surface area contributed by atoms with Crippen molar-refractivity contribution in [1.82, 2.24) is 16.1 Å². The minimum Gasteiger partial charge on any atom is -0.480 e. The molecule has 0 aromatic rings. The molecule has 3 amide bonds. The molecule has 13 nitrogen and oxygen atoms in total. The van der Waals surface area contributed by atoms with Crippen LogP contribution in [0.15, 0.2) is 0 Å². The maximum absolute atomic E-state index is 11.6. The first kappa shape index (κ1) is 40.8. The van der Waals surface area contributed by atoms with E-state index in [-0.39, 0.29) is 24.2 Å². The number of amides is 3. The van der Waals surface area contributed by atoms with Crippen molar-refractivity contribution in [1.29, 1.82) is 0 Å². The number of carboxylic acids is 1. The quantitative estimate of drug-likeness (QED) is 0.297. The van der Waals surface area contributed by atoms with Crippen LogP contribution in [0.5, 0.6) is 0 Å². The molecule has 0 rings (SSSR count). The van der Waals surface area contributed by atoms with Gasteiger partial charge in [-0.2, -0.15) is 0 Å². The van der Waals surface area contributed by atoms with Gasteiger partial charge in [-0.1, -0.05) is 27.7 Å². The molecule has 0 aliphatic heterocycles. The first-order chi connectivity index (χ1) is 15.7. The smallest absolute Gasteiger partial charge is 0.408 e. The SMILES string of the molecule is CC(C)[C@H](NC(=O)OC(C)(C)C)C(=O)O.CON.CONC(=O)[C@@H](NC(=O)OC(C)(C)C)C(C)C.Cl. The van der Waals surface area contributed by atoms with Crippen LogP contribution in [0.3, 0.4) is 0 Å². The zero-order valence-corrected chi connectivity index (χ0v) is 24.3. The van der Waals surface area contributed by atoms with Crippen LogP contribution in [-0.4, -0.2) is 66.7 Å². The predicted molar refractivity (Wildman–Crippen MR) is 137 cm³/mol. The van der Waals surface area contributed by atoms with Gasteiger partial charge in [0.05, 0.1) is 14.2 Å². The van der Waals surface area contributed by atoms with E-state index in [0.29, 0.717) is 0 Å². The van der Waals surface area contributed by atoms with Crippen molar-refractivity contribution in [3.63, 3.8) is 0 Å². The Bertz CT molecular complexity index is 648. The summed E-state index contributed by atoms with van der Waals surface area (Å²) in [5.74, 6) is 2.62. The van der Waals surface area contributed by atoms with E-state index < -0.39 is 47.3 Å². The highest BCUT2D eigenvalue weighted by Gasteiger charge is 2.27. The van der Waals surface area contributed by atoms with Gasteiger partial charge in [-0.15, -0.1) is 12.4 Å². The Morgan fingerprint density at radius 1 is 0.750 bits per heavy atom. The lowest BCUT2D eigenvalue weighted by Gasteiger charge is -2.24. The molecule has 0 saturated carbocycles. The Morgan fingerprint density at radius 3 is 1.28 bits per heavy atom. The highest BCUT2D eigenvalue weighted by atomic mass is 35.5. The number of carboxylic acid groups (broad SMARTS) is 1. The van der Waals surface area contributed by atoms with Crippen LogP contribution in [0, 0.1) is 11.8 Å². The summed E-state index contributed by atoms with van der Waals surface area (Å²) >= 11 is 0. The van der Waals surface area contributed by atoms with E-state index in [9.17, 15) is 19.2 Å².